The smallest absolute Gasteiger partial charge is 0.239 e. The monoisotopic (exact) mass is 1250 g/mol. The maximum Gasteiger partial charge on any atom is 0.239 e. The molecule has 5 aromatic heterocycles. The Morgan fingerprint density at radius 1 is 0.312 bits per heavy atom. The van der Waals surface area contributed by atoms with E-state index < -0.39 is 0 Å². The van der Waals surface area contributed by atoms with Gasteiger partial charge in [0.2, 0.25) is 5.69 Å². The van der Waals surface area contributed by atoms with Crippen molar-refractivity contribution >= 4 is 93.0 Å². The normalized spacial score (nSPS) is 13.1. The van der Waals surface area contributed by atoms with Crippen molar-refractivity contribution in [1.82, 2.24) is 23.7 Å². The Bertz CT molecular complexity index is 5480. The van der Waals surface area contributed by atoms with Gasteiger partial charge in [-0.2, -0.15) is 0 Å². The van der Waals surface area contributed by atoms with Crippen LogP contribution in [0, 0.1) is 6.57 Å². The maximum atomic E-state index is 10.3. The van der Waals surface area contributed by atoms with Gasteiger partial charge in [-0.1, -0.05) is 234 Å². The van der Waals surface area contributed by atoms with Crippen LogP contribution in [-0.4, -0.2) is 23.7 Å². The highest BCUT2D eigenvalue weighted by molar-refractivity contribution is 6.24. The van der Waals surface area contributed by atoms with E-state index in [-0.39, 0.29) is 32.5 Å². The average Bonchev–Trinajstić information content (AvgIpc) is 1.46. The van der Waals surface area contributed by atoms with Crippen LogP contribution >= 0.6 is 0 Å². The first-order valence-corrected chi connectivity index (χ1v) is 34.1. The highest BCUT2D eigenvalue weighted by Crippen LogP contribution is 2.55. The van der Waals surface area contributed by atoms with Crippen molar-refractivity contribution in [2.75, 3.05) is 0 Å². The molecule has 0 amide bonds. The van der Waals surface area contributed by atoms with Gasteiger partial charge in [0.05, 0.1) is 79.1 Å². The molecular weight excluding hydrogens is 1170 g/mol. The summed E-state index contributed by atoms with van der Waals surface area (Å²) in [5.74, 6) is 0.530. The number of fused-ring (bicyclic) bond motifs is 12. The maximum absolute atomic E-state index is 10.3. The van der Waals surface area contributed by atoms with E-state index in [0.29, 0.717) is 28.4 Å². The molecule has 0 aliphatic heterocycles. The van der Waals surface area contributed by atoms with Crippen LogP contribution in [0.15, 0.2) is 199 Å². The van der Waals surface area contributed by atoms with E-state index in [1.807, 2.05) is 12.1 Å². The van der Waals surface area contributed by atoms with Gasteiger partial charge in [-0.25, -0.2) is 14.8 Å². The second-order valence-corrected chi connectivity index (χ2v) is 33.1. The minimum Gasteiger partial charge on any atom is -0.454 e. The first-order valence-electron chi connectivity index (χ1n) is 34.1. The van der Waals surface area contributed by atoms with Crippen LogP contribution in [0.4, 0.5) is 5.69 Å². The second-order valence-electron chi connectivity index (χ2n) is 33.1. The van der Waals surface area contributed by atoms with E-state index in [9.17, 15) is 6.57 Å². The van der Waals surface area contributed by atoms with Gasteiger partial charge < -0.3 is 18.1 Å². The summed E-state index contributed by atoms with van der Waals surface area (Å²) < 4.78 is 15.4. The zero-order valence-corrected chi connectivity index (χ0v) is 59.1. The Labute approximate surface area is 564 Å². The highest BCUT2D eigenvalue weighted by atomic mass is 16.3. The lowest BCUT2D eigenvalue weighted by atomic mass is 9.85. The third-order valence-electron chi connectivity index (χ3n) is 20.2. The Morgan fingerprint density at radius 2 is 0.625 bits per heavy atom. The Kier molecular flexibility index (Phi) is 13.9. The van der Waals surface area contributed by atoms with Crippen LogP contribution in [0.3, 0.4) is 0 Å². The SMILES string of the molecule is [C-]#[N+]c1c(-n2c3ccc(C(C)(C)C)cc3c3cc(C(C)(C)C)ccc32)c(-n2c3ccc(C(C)(C)C)cc3c3cc(C(C)(C)C)ccc32)c2c(oc3c(-c4nc(-c5ccccc5)cc(-c5ccccc5)n4)cccc32)c1-n1c2ccc(C(C)(C)C)cc2c2cc(C(C)(C)C)ccc21. The highest BCUT2D eigenvalue weighted by Gasteiger charge is 2.36. The van der Waals surface area contributed by atoms with Crippen molar-refractivity contribution in [2.45, 2.75) is 157 Å². The molecule has 0 atom stereocenters. The topological polar surface area (TPSA) is 58.1 Å². The number of nitrogens with zero attached hydrogens (tertiary/aromatic N) is 6. The third kappa shape index (κ3) is 10.0. The zero-order valence-electron chi connectivity index (χ0n) is 59.1. The van der Waals surface area contributed by atoms with Crippen molar-refractivity contribution in [3.63, 3.8) is 0 Å². The molecule has 0 unspecified atom stereocenters. The molecule has 0 fully saturated rings. The molecule has 0 aliphatic carbocycles. The van der Waals surface area contributed by atoms with Gasteiger partial charge in [0.25, 0.3) is 0 Å². The lowest BCUT2D eigenvalue weighted by Gasteiger charge is -2.24. The number of para-hydroxylation sites is 1. The fourth-order valence-electron chi connectivity index (χ4n) is 14.6. The summed E-state index contributed by atoms with van der Waals surface area (Å²) in [4.78, 5) is 16.1. The summed E-state index contributed by atoms with van der Waals surface area (Å²) in [5, 5.41) is 8.50. The lowest BCUT2D eigenvalue weighted by molar-refractivity contribution is 0.590. The van der Waals surface area contributed by atoms with Crippen LogP contribution in [0.5, 0.6) is 0 Å². The van der Waals surface area contributed by atoms with Gasteiger partial charge in [-0.05, 0) is 151 Å². The number of hydrogen-bond donors (Lipinski definition) is 0. The summed E-state index contributed by atoms with van der Waals surface area (Å²) in [7, 11) is 0. The molecule has 0 aliphatic rings. The quantitative estimate of drug-likeness (QED) is 0.156. The largest absolute Gasteiger partial charge is 0.454 e. The van der Waals surface area contributed by atoms with Crippen LogP contribution in [0.25, 0.3) is 143 Å². The first-order chi connectivity index (χ1) is 45.4. The number of furan rings is 1. The van der Waals surface area contributed by atoms with Crippen molar-refractivity contribution in [3.8, 4) is 51.0 Å². The molecule has 15 aromatic rings. The van der Waals surface area contributed by atoms with Gasteiger partial charge in [0, 0.05) is 48.8 Å². The number of hydrogen-bond acceptors (Lipinski definition) is 3. The first kappa shape index (κ1) is 62.1. The van der Waals surface area contributed by atoms with E-state index in [0.717, 1.165) is 116 Å². The number of aromatic nitrogens is 5. The van der Waals surface area contributed by atoms with E-state index in [1.54, 1.807) is 0 Å². The van der Waals surface area contributed by atoms with Gasteiger partial charge in [-0.15, -0.1) is 0 Å². The Morgan fingerprint density at radius 3 is 0.938 bits per heavy atom. The molecule has 0 spiro atoms. The minimum atomic E-state index is -0.153. The molecule has 7 nitrogen and oxygen atoms in total. The van der Waals surface area contributed by atoms with Crippen molar-refractivity contribution in [1.29, 1.82) is 0 Å². The van der Waals surface area contributed by atoms with Gasteiger partial charge in [0.1, 0.15) is 5.58 Å². The molecule has 5 heterocycles. The Hall–Kier alpha value is -10.0. The summed E-state index contributed by atoms with van der Waals surface area (Å²) in [6, 6.07) is 71.5. The molecule has 0 saturated heterocycles. The summed E-state index contributed by atoms with van der Waals surface area (Å²) in [5.41, 5.74) is 20.8. The Balaban J connectivity index is 1.23. The molecular formula is C89H86N6O. The average molecular weight is 1260 g/mol. The van der Waals surface area contributed by atoms with Gasteiger partial charge >= 0.3 is 0 Å². The molecule has 0 N–H and O–H groups in total. The zero-order chi connectivity index (χ0) is 67.7. The fourth-order valence-corrected chi connectivity index (χ4v) is 14.6. The summed E-state index contributed by atoms with van der Waals surface area (Å²) >= 11 is 0. The predicted molar refractivity (Wildman–Crippen MR) is 407 cm³/mol. The van der Waals surface area contributed by atoms with Crippen molar-refractivity contribution in [2.24, 2.45) is 0 Å². The van der Waals surface area contributed by atoms with Crippen LogP contribution in [0.2, 0.25) is 0 Å². The van der Waals surface area contributed by atoms with E-state index in [2.05, 4.69) is 320 Å². The lowest BCUT2D eigenvalue weighted by Crippen LogP contribution is -2.11. The fraction of sp³-hybridized carbons (Fsp3) is 0.270. The molecule has 10 aromatic carbocycles. The molecule has 7 heteroatoms. The standard InChI is InChI=1S/C89H86N6O/c1-84(2,3)54-33-39-70-62(45-54)63-46-55(85(4,5)6)34-40-71(63)93(70)78-76-60-31-26-32-61(83-91-68(52-27-22-20-23-28-52)51-69(92-83)53-29-24-21-25-30-53)81(60)96-82(76)80(95-74-43-37-58(88(13,14)15)49-66(74)67-50-59(89(16,17)18)38-44-75(67)95)77(90-19)79(78)94-72-41-35-56(86(7,8)9)47-64(72)65-48-57(87(10,11)12)36-42-73(65)94/h20-51H,1-18H3. The minimum absolute atomic E-state index is 0.149. The van der Waals surface area contributed by atoms with Crippen molar-refractivity contribution in [3.05, 3.63) is 239 Å². The summed E-state index contributed by atoms with van der Waals surface area (Å²) in [6.45, 7) is 51.6. The molecule has 478 valence electrons. The molecule has 96 heavy (non-hydrogen) atoms. The third-order valence-corrected chi connectivity index (χ3v) is 20.2. The van der Waals surface area contributed by atoms with Crippen LogP contribution in [-0.2, 0) is 32.5 Å². The van der Waals surface area contributed by atoms with E-state index in [1.165, 1.54) is 33.4 Å². The number of rotatable bonds is 6. The van der Waals surface area contributed by atoms with E-state index >= 15 is 0 Å². The number of benzene rings is 10. The van der Waals surface area contributed by atoms with Gasteiger partial charge in [0.15, 0.2) is 11.4 Å². The molecule has 0 saturated carbocycles. The van der Waals surface area contributed by atoms with Crippen LogP contribution < -0.4 is 0 Å². The van der Waals surface area contributed by atoms with Crippen LogP contribution in [0.1, 0.15) is 158 Å². The van der Waals surface area contributed by atoms with E-state index in [4.69, 9.17) is 19.2 Å². The summed E-state index contributed by atoms with van der Waals surface area (Å²) in [6.07, 6.45) is 0. The molecule has 15 rings (SSSR count). The molecule has 0 bridgehead atoms. The van der Waals surface area contributed by atoms with Gasteiger partial charge in [-0.3, -0.25) is 0 Å². The molecule has 0 radical (unpaired) electrons. The second kappa shape index (κ2) is 21.5. The van der Waals surface area contributed by atoms with Crippen molar-refractivity contribution < 1.29 is 4.42 Å². The predicted octanol–water partition coefficient (Wildman–Crippen LogP) is 25.0.